The Morgan fingerprint density at radius 1 is 1.29 bits per heavy atom. The van der Waals surface area contributed by atoms with Crippen LogP contribution < -0.4 is 5.73 Å². The van der Waals surface area contributed by atoms with Gasteiger partial charge in [0.25, 0.3) is 0 Å². The molecule has 0 saturated heterocycles. The van der Waals surface area contributed by atoms with Crippen LogP contribution in [0.15, 0.2) is 0 Å². The van der Waals surface area contributed by atoms with E-state index in [1.807, 2.05) is 0 Å². The molecule has 2 saturated carbocycles. The Morgan fingerprint density at radius 3 is 2.29 bits per heavy atom. The predicted octanol–water partition coefficient (Wildman–Crippen LogP) is 0.744. The Balaban J connectivity index is 2.08. The first-order chi connectivity index (χ1) is 3.38. The molecule has 3 atom stereocenters. The monoisotopic (exact) mass is 97.1 g/mol. The Bertz CT molecular complexity index is 90.2. The lowest BCUT2D eigenvalue weighted by molar-refractivity contribution is 0.614. The topological polar surface area (TPSA) is 26.0 Å². The summed E-state index contributed by atoms with van der Waals surface area (Å²) in [5.41, 5.74) is 5.72. The van der Waals surface area contributed by atoms with Crippen LogP contribution in [0.25, 0.3) is 0 Å². The Hall–Kier alpha value is -0.0400. The van der Waals surface area contributed by atoms with Gasteiger partial charge in [0.15, 0.2) is 0 Å². The third-order valence-electron chi connectivity index (χ3n) is 2.40. The molecule has 0 unspecified atom stereocenters. The molecule has 0 amide bonds. The maximum atomic E-state index is 5.72. The van der Waals surface area contributed by atoms with Crippen molar-refractivity contribution in [2.45, 2.75) is 25.3 Å². The molecule has 1 heteroatoms. The Labute approximate surface area is 43.9 Å². The average Bonchev–Trinajstić information content (AvgIpc) is 2.33. The molecular formula is C6H11N. The first-order valence-corrected chi connectivity index (χ1v) is 3.13. The fourth-order valence-electron chi connectivity index (χ4n) is 1.75. The van der Waals surface area contributed by atoms with E-state index in [1.54, 1.807) is 0 Å². The number of hydrogen-bond acceptors (Lipinski definition) is 1. The highest BCUT2D eigenvalue weighted by Crippen LogP contribution is 2.50. The van der Waals surface area contributed by atoms with E-state index < -0.39 is 0 Å². The van der Waals surface area contributed by atoms with Crippen LogP contribution in [0.5, 0.6) is 0 Å². The van der Waals surface area contributed by atoms with Crippen LogP contribution >= 0.6 is 0 Å². The molecule has 0 radical (unpaired) electrons. The van der Waals surface area contributed by atoms with Crippen molar-refractivity contribution in [2.75, 3.05) is 0 Å². The normalized spacial score (nSPS) is 57.0. The van der Waals surface area contributed by atoms with Gasteiger partial charge in [-0.15, -0.1) is 0 Å². The maximum absolute atomic E-state index is 5.72. The zero-order valence-corrected chi connectivity index (χ0v) is 4.43. The standard InChI is InChI=1S/C6H11N/c7-6-2-1-4-3-5(4)6/h4-6H,1-3,7H2/t4-,5+,6-/m1/s1. The van der Waals surface area contributed by atoms with Gasteiger partial charge < -0.3 is 5.73 Å². The second-order valence-corrected chi connectivity index (χ2v) is 2.90. The molecule has 0 bridgehead atoms. The summed E-state index contributed by atoms with van der Waals surface area (Å²) in [6.07, 6.45) is 4.17. The molecule has 2 fully saturated rings. The third-order valence-corrected chi connectivity index (χ3v) is 2.40. The minimum atomic E-state index is 0.588. The van der Waals surface area contributed by atoms with Crippen LogP contribution in [0.1, 0.15) is 19.3 Å². The van der Waals surface area contributed by atoms with Crippen molar-refractivity contribution >= 4 is 0 Å². The van der Waals surface area contributed by atoms with E-state index in [0.29, 0.717) is 6.04 Å². The lowest BCUT2D eigenvalue weighted by Crippen LogP contribution is -2.18. The van der Waals surface area contributed by atoms with Crippen molar-refractivity contribution in [3.8, 4) is 0 Å². The van der Waals surface area contributed by atoms with Crippen molar-refractivity contribution in [1.82, 2.24) is 0 Å². The van der Waals surface area contributed by atoms with Gasteiger partial charge in [0.2, 0.25) is 0 Å². The number of nitrogens with two attached hydrogens (primary N) is 1. The molecule has 1 nitrogen and oxygen atoms in total. The van der Waals surface area contributed by atoms with Crippen LogP contribution in [-0.2, 0) is 0 Å². The van der Waals surface area contributed by atoms with Crippen LogP contribution in [0, 0.1) is 11.8 Å². The largest absolute Gasteiger partial charge is 0.327 e. The van der Waals surface area contributed by atoms with Gasteiger partial charge >= 0.3 is 0 Å². The number of hydrogen-bond donors (Lipinski definition) is 1. The van der Waals surface area contributed by atoms with E-state index >= 15 is 0 Å². The molecule has 40 valence electrons. The molecule has 0 spiro atoms. The fourth-order valence-corrected chi connectivity index (χ4v) is 1.75. The van der Waals surface area contributed by atoms with Gasteiger partial charge in [-0.05, 0) is 31.1 Å². The summed E-state index contributed by atoms with van der Waals surface area (Å²) < 4.78 is 0. The summed E-state index contributed by atoms with van der Waals surface area (Å²) in [5.74, 6) is 2.02. The van der Waals surface area contributed by atoms with E-state index in [0.717, 1.165) is 11.8 Å². The van der Waals surface area contributed by atoms with E-state index in [1.165, 1.54) is 19.3 Å². The summed E-state index contributed by atoms with van der Waals surface area (Å²) >= 11 is 0. The van der Waals surface area contributed by atoms with Crippen LogP contribution in [0.4, 0.5) is 0 Å². The Morgan fingerprint density at radius 2 is 2.14 bits per heavy atom. The molecule has 0 aliphatic heterocycles. The van der Waals surface area contributed by atoms with E-state index in [4.69, 9.17) is 5.73 Å². The first kappa shape index (κ1) is 3.90. The summed E-state index contributed by atoms with van der Waals surface area (Å²) in [6.45, 7) is 0. The number of rotatable bonds is 0. The third kappa shape index (κ3) is 0.418. The van der Waals surface area contributed by atoms with Gasteiger partial charge in [0, 0.05) is 6.04 Å². The highest BCUT2D eigenvalue weighted by molar-refractivity contribution is 4.99. The SMILES string of the molecule is N[C@@H]1CC[C@@H]2C[C@@H]21. The van der Waals surface area contributed by atoms with Crippen LogP contribution in [0.3, 0.4) is 0 Å². The fraction of sp³-hybridized carbons (Fsp3) is 1.00. The van der Waals surface area contributed by atoms with Crippen LogP contribution in [0.2, 0.25) is 0 Å². The maximum Gasteiger partial charge on any atom is 0.00700 e. The highest BCUT2D eigenvalue weighted by atomic mass is 14.7. The summed E-state index contributed by atoms with van der Waals surface area (Å²) in [5, 5.41) is 0. The highest BCUT2D eigenvalue weighted by Gasteiger charge is 2.45. The molecule has 0 aromatic heterocycles. The summed E-state index contributed by atoms with van der Waals surface area (Å²) in [4.78, 5) is 0. The second-order valence-electron chi connectivity index (χ2n) is 2.90. The van der Waals surface area contributed by atoms with Gasteiger partial charge in [-0.1, -0.05) is 0 Å². The molecule has 2 rings (SSSR count). The Kier molecular flexibility index (Phi) is 0.571. The minimum absolute atomic E-state index is 0.588. The molecule has 0 aromatic rings. The lowest BCUT2D eigenvalue weighted by Gasteiger charge is -1.99. The molecule has 7 heavy (non-hydrogen) atoms. The van der Waals surface area contributed by atoms with Crippen LogP contribution in [-0.4, -0.2) is 6.04 Å². The smallest absolute Gasteiger partial charge is 0.00700 e. The van der Waals surface area contributed by atoms with Crippen molar-refractivity contribution in [2.24, 2.45) is 17.6 Å². The summed E-state index contributed by atoms with van der Waals surface area (Å²) in [7, 11) is 0. The molecule has 0 heterocycles. The van der Waals surface area contributed by atoms with Gasteiger partial charge in [0.1, 0.15) is 0 Å². The van der Waals surface area contributed by atoms with E-state index in [9.17, 15) is 0 Å². The summed E-state index contributed by atoms with van der Waals surface area (Å²) in [6, 6.07) is 0.588. The zero-order chi connectivity index (χ0) is 4.85. The lowest BCUT2D eigenvalue weighted by atomic mass is 10.2. The van der Waals surface area contributed by atoms with Crippen molar-refractivity contribution in [3.05, 3.63) is 0 Å². The molecule has 2 aliphatic rings. The molecule has 2 aliphatic carbocycles. The molecule has 2 N–H and O–H groups in total. The van der Waals surface area contributed by atoms with Crippen molar-refractivity contribution in [1.29, 1.82) is 0 Å². The average molecular weight is 97.2 g/mol. The van der Waals surface area contributed by atoms with Gasteiger partial charge in [-0.25, -0.2) is 0 Å². The minimum Gasteiger partial charge on any atom is -0.327 e. The van der Waals surface area contributed by atoms with Gasteiger partial charge in [-0.2, -0.15) is 0 Å². The predicted molar refractivity (Wildman–Crippen MR) is 28.8 cm³/mol. The van der Waals surface area contributed by atoms with Crippen molar-refractivity contribution in [3.63, 3.8) is 0 Å². The molecule has 0 aromatic carbocycles. The quantitative estimate of drug-likeness (QED) is 0.474. The zero-order valence-electron chi connectivity index (χ0n) is 4.43. The molecular weight excluding hydrogens is 86.1 g/mol. The van der Waals surface area contributed by atoms with Crippen molar-refractivity contribution < 1.29 is 0 Å². The van der Waals surface area contributed by atoms with Gasteiger partial charge in [-0.3, -0.25) is 0 Å². The second kappa shape index (κ2) is 1.03. The van der Waals surface area contributed by atoms with E-state index in [2.05, 4.69) is 0 Å². The number of fused-ring (bicyclic) bond motifs is 1. The van der Waals surface area contributed by atoms with E-state index in [-0.39, 0.29) is 0 Å². The van der Waals surface area contributed by atoms with Gasteiger partial charge in [0.05, 0.1) is 0 Å². The first-order valence-electron chi connectivity index (χ1n) is 3.13.